The largest absolute Gasteiger partial charge is 0.419 e. The van der Waals surface area contributed by atoms with Crippen LogP contribution in [0.1, 0.15) is 27.2 Å². The number of fused-ring (bicyclic) bond motifs is 1. The molecule has 0 atom stereocenters. The molecule has 0 fully saturated rings. The van der Waals surface area contributed by atoms with E-state index in [0.717, 1.165) is 12.1 Å². The third-order valence-corrected chi connectivity index (χ3v) is 4.63. The molecule has 0 saturated heterocycles. The van der Waals surface area contributed by atoms with Crippen LogP contribution < -0.4 is 0 Å². The number of carbonyl (C=O) groups is 1. The van der Waals surface area contributed by atoms with Gasteiger partial charge in [0.1, 0.15) is 5.82 Å². The van der Waals surface area contributed by atoms with Crippen molar-refractivity contribution in [2.75, 3.05) is 0 Å². The van der Waals surface area contributed by atoms with Crippen molar-refractivity contribution in [3.8, 4) is 0 Å². The van der Waals surface area contributed by atoms with E-state index < -0.39 is 28.9 Å². The Balaban J connectivity index is 2.23. The predicted octanol–water partition coefficient (Wildman–Crippen LogP) is 6.17. The highest BCUT2D eigenvalue weighted by Crippen LogP contribution is 2.36. The zero-order valence-corrected chi connectivity index (χ0v) is 14.1. The predicted molar refractivity (Wildman–Crippen MR) is 87.9 cm³/mol. The van der Waals surface area contributed by atoms with Gasteiger partial charge in [0, 0.05) is 11.1 Å². The Hall–Kier alpha value is -2.05. The number of aromatic amines is 1. The van der Waals surface area contributed by atoms with Gasteiger partial charge in [-0.3, -0.25) is 4.79 Å². The van der Waals surface area contributed by atoms with Crippen molar-refractivity contribution < 1.29 is 22.4 Å². The molecule has 0 bridgehead atoms. The Morgan fingerprint density at radius 2 is 1.80 bits per heavy atom. The highest BCUT2D eigenvalue weighted by atomic mass is 35.5. The minimum Gasteiger partial charge on any atom is -0.357 e. The molecule has 0 saturated carbocycles. The molecule has 8 heteroatoms. The topological polar surface area (TPSA) is 32.9 Å². The van der Waals surface area contributed by atoms with E-state index >= 15 is 0 Å². The summed E-state index contributed by atoms with van der Waals surface area (Å²) in [6, 6.07) is 5.56. The van der Waals surface area contributed by atoms with Crippen molar-refractivity contribution in [1.82, 2.24) is 4.98 Å². The number of H-pyrrole nitrogens is 1. The minimum absolute atomic E-state index is 0.0480. The summed E-state index contributed by atoms with van der Waals surface area (Å²) in [4.78, 5) is 15.6. The Morgan fingerprint density at radius 3 is 2.44 bits per heavy atom. The van der Waals surface area contributed by atoms with Crippen LogP contribution in [0.25, 0.3) is 10.9 Å². The molecular weight excluding hydrogens is 381 g/mol. The normalized spacial score (nSPS) is 12.0. The molecule has 0 amide bonds. The van der Waals surface area contributed by atoms with Gasteiger partial charge in [-0.05, 0) is 25.1 Å². The van der Waals surface area contributed by atoms with Crippen molar-refractivity contribution in [1.29, 1.82) is 0 Å². The molecule has 130 valence electrons. The molecular formula is C17H9Cl2F4NO. The van der Waals surface area contributed by atoms with Crippen LogP contribution in [0.15, 0.2) is 30.3 Å². The molecule has 0 spiro atoms. The number of hydrogen-bond acceptors (Lipinski definition) is 1. The number of aromatic nitrogens is 1. The van der Waals surface area contributed by atoms with E-state index in [1.54, 1.807) is 6.92 Å². The quantitative estimate of drug-likeness (QED) is 0.412. The van der Waals surface area contributed by atoms with E-state index in [-0.39, 0.29) is 15.6 Å². The van der Waals surface area contributed by atoms with E-state index in [2.05, 4.69) is 4.98 Å². The summed E-state index contributed by atoms with van der Waals surface area (Å²) in [6.07, 6.45) is -4.90. The molecule has 1 N–H and O–H groups in total. The van der Waals surface area contributed by atoms with Crippen LogP contribution in [0, 0.1) is 12.7 Å². The Labute approximate surface area is 149 Å². The second-order valence-corrected chi connectivity index (χ2v) is 6.19. The van der Waals surface area contributed by atoms with Crippen LogP contribution in [0.3, 0.4) is 0 Å². The molecule has 2 nitrogen and oxygen atoms in total. The first-order valence-electron chi connectivity index (χ1n) is 6.99. The first-order valence-corrected chi connectivity index (χ1v) is 7.75. The highest BCUT2D eigenvalue weighted by molar-refractivity contribution is 6.45. The van der Waals surface area contributed by atoms with Gasteiger partial charge in [0.25, 0.3) is 0 Å². The number of rotatable bonds is 2. The fourth-order valence-electron chi connectivity index (χ4n) is 2.69. The first kappa shape index (κ1) is 17.8. The maximum atomic E-state index is 14.3. The second-order valence-electron chi connectivity index (χ2n) is 5.40. The molecule has 0 unspecified atom stereocenters. The Bertz CT molecular complexity index is 1010. The van der Waals surface area contributed by atoms with Gasteiger partial charge in [-0.15, -0.1) is 0 Å². The highest BCUT2D eigenvalue weighted by Gasteiger charge is 2.36. The summed E-state index contributed by atoms with van der Waals surface area (Å²) in [6.45, 7) is 1.54. The number of ketones is 1. The Kier molecular flexibility index (Phi) is 4.29. The summed E-state index contributed by atoms with van der Waals surface area (Å²) < 4.78 is 52.9. The molecule has 0 radical (unpaired) electrons. The zero-order chi connectivity index (χ0) is 18.5. The van der Waals surface area contributed by atoms with E-state index in [1.165, 1.54) is 12.1 Å². The van der Waals surface area contributed by atoms with Crippen molar-refractivity contribution in [2.24, 2.45) is 0 Å². The summed E-state index contributed by atoms with van der Waals surface area (Å²) in [7, 11) is 0. The van der Waals surface area contributed by atoms with Crippen LogP contribution in [-0.2, 0) is 6.18 Å². The van der Waals surface area contributed by atoms with Gasteiger partial charge in [0.2, 0.25) is 0 Å². The van der Waals surface area contributed by atoms with Crippen molar-refractivity contribution in [3.05, 3.63) is 68.6 Å². The number of aryl methyl sites for hydroxylation is 1. The summed E-state index contributed by atoms with van der Waals surface area (Å²) >= 11 is 12.0. The summed E-state index contributed by atoms with van der Waals surface area (Å²) in [5, 5.41) is 0.777. The van der Waals surface area contributed by atoms with E-state index in [4.69, 9.17) is 23.2 Å². The second kappa shape index (κ2) is 6.04. The van der Waals surface area contributed by atoms with Crippen molar-refractivity contribution in [3.63, 3.8) is 0 Å². The maximum absolute atomic E-state index is 14.3. The van der Waals surface area contributed by atoms with Gasteiger partial charge in [0.15, 0.2) is 5.78 Å². The number of halogens is 6. The smallest absolute Gasteiger partial charge is 0.357 e. The molecule has 1 heterocycles. The van der Waals surface area contributed by atoms with Gasteiger partial charge >= 0.3 is 6.18 Å². The average molecular weight is 390 g/mol. The van der Waals surface area contributed by atoms with Crippen molar-refractivity contribution in [2.45, 2.75) is 13.1 Å². The first-order chi connectivity index (χ1) is 11.6. The van der Waals surface area contributed by atoms with Gasteiger partial charge < -0.3 is 4.98 Å². The lowest BCUT2D eigenvalue weighted by atomic mass is 9.98. The fraction of sp³-hybridized carbons (Fsp3) is 0.118. The number of alkyl halides is 3. The fourth-order valence-corrected chi connectivity index (χ4v) is 3.06. The van der Waals surface area contributed by atoms with Gasteiger partial charge in [-0.2, -0.15) is 13.2 Å². The molecule has 1 aromatic heterocycles. The van der Waals surface area contributed by atoms with Crippen LogP contribution in [0.5, 0.6) is 0 Å². The average Bonchev–Trinajstić information content (AvgIpc) is 2.86. The molecule has 3 aromatic rings. The zero-order valence-electron chi connectivity index (χ0n) is 12.6. The molecule has 2 aromatic carbocycles. The molecule has 3 rings (SSSR count). The van der Waals surface area contributed by atoms with Gasteiger partial charge in [-0.1, -0.05) is 35.3 Å². The van der Waals surface area contributed by atoms with Gasteiger partial charge in [-0.25, -0.2) is 4.39 Å². The SMILES string of the molecule is Cc1[nH]c2c(Cl)c(Cl)ccc2c1C(=O)c1cccc(C(F)(F)F)c1F. The maximum Gasteiger partial charge on any atom is 0.419 e. The lowest BCUT2D eigenvalue weighted by Gasteiger charge is -2.10. The van der Waals surface area contributed by atoms with Crippen LogP contribution in [0.4, 0.5) is 17.6 Å². The van der Waals surface area contributed by atoms with Crippen LogP contribution in [0.2, 0.25) is 10.0 Å². The summed E-state index contributed by atoms with van der Waals surface area (Å²) in [5.74, 6) is -2.47. The molecule has 0 aliphatic rings. The summed E-state index contributed by atoms with van der Waals surface area (Å²) in [5.41, 5.74) is -1.39. The lowest BCUT2D eigenvalue weighted by Crippen LogP contribution is -2.13. The molecule has 25 heavy (non-hydrogen) atoms. The third kappa shape index (κ3) is 2.89. The standard InChI is InChI=1S/C17H9Cl2F4NO/c1-7-12(8-5-6-11(18)13(19)15(8)24-7)16(25)9-3-2-4-10(14(9)20)17(21,22)23/h2-6,24H,1H3. The van der Waals surface area contributed by atoms with E-state index in [0.29, 0.717) is 22.7 Å². The lowest BCUT2D eigenvalue weighted by molar-refractivity contribution is -0.140. The monoisotopic (exact) mass is 389 g/mol. The number of carbonyl (C=O) groups excluding carboxylic acids is 1. The van der Waals surface area contributed by atoms with E-state index in [9.17, 15) is 22.4 Å². The van der Waals surface area contributed by atoms with Crippen LogP contribution in [-0.4, -0.2) is 10.8 Å². The van der Waals surface area contributed by atoms with Crippen LogP contribution >= 0.6 is 23.2 Å². The molecule has 0 aliphatic heterocycles. The van der Waals surface area contributed by atoms with Gasteiger partial charge in [0.05, 0.1) is 32.3 Å². The van der Waals surface area contributed by atoms with E-state index in [1.807, 2.05) is 0 Å². The van der Waals surface area contributed by atoms with Crippen molar-refractivity contribution >= 4 is 39.9 Å². The third-order valence-electron chi connectivity index (χ3n) is 3.83. The Morgan fingerprint density at radius 1 is 1.12 bits per heavy atom. The number of nitrogens with one attached hydrogen (secondary N) is 1. The number of benzene rings is 2. The number of hydrogen-bond donors (Lipinski definition) is 1. The minimum atomic E-state index is -4.90. The molecule has 0 aliphatic carbocycles.